The SMILES string of the molecule is COc1cc(NC2(CN)CC(C)N(C3CC3)C2)ccc1F. The summed E-state index contributed by atoms with van der Waals surface area (Å²) in [5, 5.41) is 3.54. The van der Waals surface area contributed by atoms with E-state index in [0.29, 0.717) is 12.6 Å². The number of nitrogens with zero attached hydrogens (tertiary/aromatic N) is 1. The number of likely N-dealkylation sites (tertiary alicyclic amines) is 1. The van der Waals surface area contributed by atoms with Gasteiger partial charge >= 0.3 is 0 Å². The van der Waals surface area contributed by atoms with Gasteiger partial charge in [-0.05, 0) is 38.3 Å². The molecule has 4 nitrogen and oxygen atoms in total. The number of halogens is 1. The van der Waals surface area contributed by atoms with Crippen LogP contribution in [0.4, 0.5) is 10.1 Å². The number of ether oxygens (including phenoxy) is 1. The van der Waals surface area contributed by atoms with Crippen molar-refractivity contribution in [3.63, 3.8) is 0 Å². The lowest BCUT2D eigenvalue weighted by molar-refractivity contribution is 0.252. The highest BCUT2D eigenvalue weighted by Crippen LogP contribution is 2.38. The van der Waals surface area contributed by atoms with Crippen molar-refractivity contribution in [3.05, 3.63) is 24.0 Å². The van der Waals surface area contributed by atoms with E-state index in [9.17, 15) is 4.39 Å². The van der Waals surface area contributed by atoms with Crippen molar-refractivity contribution in [3.8, 4) is 5.75 Å². The lowest BCUT2D eigenvalue weighted by Gasteiger charge is -2.30. The van der Waals surface area contributed by atoms with Gasteiger partial charge in [0.1, 0.15) is 0 Å². The third-order valence-corrected chi connectivity index (χ3v) is 4.70. The third-order valence-electron chi connectivity index (χ3n) is 4.70. The second-order valence-electron chi connectivity index (χ2n) is 6.42. The molecule has 3 rings (SSSR count). The Morgan fingerprint density at radius 1 is 1.48 bits per heavy atom. The predicted octanol–water partition coefficient (Wildman–Crippen LogP) is 2.20. The monoisotopic (exact) mass is 293 g/mol. The fourth-order valence-corrected chi connectivity index (χ4v) is 3.48. The molecule has 2 aliphatic rings. The van der Waals surface area contributed by atoms with Crippen LogP contribution >= 0.6 is 0 Å². The van der Waals surface area contributed by atoms with E-state index in [4.69, 9.17) is 10.5 Å². The van der Waals surface area contributed by atoms with E-state index in [1.54, 1.807) is 12.1 Å². The summed E-state index contributed by atoms with van der Waals surface area (Å²) in [5.41, 5.74) is 6.80. The molecule has 0 radical (unpaired) electrons. The zero-order chi connectivity index (χ0) is 15.0. The first-order valence-corrected chi connectivity index (χ1v) is 7.64. The van der Waals surface area contributed by atoms with Crippen LogP contribution in [0, 0.1) is 5.82 Å². The molecule has 1 aromatic carbocycles. The molecule has 21 heavy (non-hydrogen) atoms. The van der Waals surface area contributed by atoms with Gasteiger partial charge in [0.15, 0.2) is 11.6 Å². The first kappa shape index (κ1) is 14.6. The molecular formula is C16H24FN3O. The summed E-state index contributed by atoms with van der Waals surface area (Å²) in [6, 6.07) is 6.16. The molecule has 1 aliphatic heterocycles. The highest BCUT2D eigenvalue weighted by Gasteiger charge is 2.46. The Hall–Kier alpha value is -1.33. The quantitative estimate of drug-likeness (QED) is 0.874. The standard InChI is InChI=1S/C16H24FN3O/c1-11-8-16(9-18,10-20(11)13-4-5-13)19-12-3-6-14(17)15(7-12)21-2/h3,6-7,11,13,19H,4-5,8-10,18H2,1-2H3. The van der Waals surface area contributed by atoms with Crippen molar-refractivity contribution in [2.45, 2.75) is 43.8 Å². The molecule has 2 unspecified atom stereocenters. The van der Waals surface area contributed by atoms with Gasteiger partial charge < -0.3 is 15.8 Å². The van der Waals surface area contributed by atoms with Crippen LogP contribution in [0.15, 0.2) is 18.2 Å². The maximum Gasteiger partial charge on any atom is 0.165 e. The van der Waals surface area contributed by atoms with E-state index in [1.807, 2.05) is 0 Å². The van der Waals surface area contributed by atoms with Crippen molar-refractivity contribution in [2.24, 2.45) is 5.73 Å². The summed E-state index contributed by atoms with van der Waals surface area (Å²) >= 11 is 0. The molecule has 0 amide bonds. The number of methoxy groups -OCH3 is 1. The van der Waals surface area contributed by atoms with Gasteiger partial charge in [0.2, 0.25) is 0 Å². The Balaban J connectivity index is 1.78. The average Bonchev–Trinajstić information content (AvgIpc) is 3.26. The first-order chi connectivity index (χ1) is 10.1. The minimum atomic E-state index is -0.343. The van der Waals surface area contributed by atoms with Crippen molar-refractivity contribution < 1.29 is 9.13 Å². The molecule has 5 heteroatoms. The van der Waals surface area contributed by atoms with Crippen LogP contribution in [0.25, 0.3) is 0 Å². The van der Waals surface area contributed by atoms with Crippen LogP contribution in [0.1, 0.15) is 26.2 Å². The van der Waals surface area contributed by atoms with Gasteiger partial charge in [-0.1, -0.05) is 0 Å². The van der Waals surface area contributed by atoms with Crippen molar-refractivity contribution >= 4 is 5.69 Å². The van der Waals surface area contributed by atoms with Crippen LogP contribution < -0.4 is 15.8 Å². The highest BCUT2D eigenvalue weighted by atomic mass is 19.1. The van der Waals surface area contributed by atoms with E-state index < -0.39 is 0 Å². The molecule has 116 valence electrons. The molecular weight excluding hydrogens is 269 g/mol. The number of nitrogens with one attached hydrogen (secondary N) is 1. The van der Waals surface area contributed by atoms with Gasteiger partial charge in [0, 0.05) is 36.9 Å². The number of anilines is 1. The molecule has 1 saturated heterocycles. The number of hydrogen-bond acceptors (Lipinski definition) is 4. The maximum absolute atomic E-state index is 13.5. The van der Waals surface area contributed by atoms with Gasteiger partial charge in [-0.15, -0.1) is 0 Å². The fraction of sp³-hybridized carbons (Fsp3) is 0.625. The first-order valence-electron chi connectivity index (χ1n) is 7.64. The van der Waals surface area contributed by atoms with E-state index in [1.165, 1.54) is 26.0 Å². The van der Waals surface area contributed by atoms with Crippen LogP contribution in [-0.4, -0.2) is 42.7 Å². The highest BCUT2D eigenvalue weighted by molar-refractivity contribution is 5.51. The Morgan fingerprint density at radius 3 is 2.86 bits per heavy atom. The molecule has 3 N–H and O–H groups in total. The van der Waals surface area contributed by atoms with E-state index in [-0.39, 0.29) is 17.1 Å². The second-order valence-corrected chi connectivity index (χ2v) is 6.42. The van der Waals surface area contributed by atoms with Gasteiger partial charge in [-0.3, -0.25) is 4.90 Å². The molecule has 2 atom stereocenters. The molecule has 1 saturated carbocycles. The van der Waals surface area contributed by atoms with Crippen LogP contribution in [0.3, 0.4) is 0 Å². The second kappa shape index (κ2) is 5.46. The van der Waals surface area contributed by atoms with Gasteiger partial charge in [0.05, 0.1) is 12.6 Å². The molecule has 0 aromatic heterocycles. The molecule has 0 spiro atoms. The summed E-state index contributed by atoms with van der Waals surface area (Å²) in [6.07, 6.45) is 3.62. The predicted molar refractivity (Wildman–Crippen MR) is 82.2 cm³/mol. The van der Waals surface area contributed by atoms with E-state index in [0.717, 1.165) is 24.7 Å². The summed E-state index contributed by atoms with van der Waals surface area (Å²) in [6.45, 7) is 3.79. The number of hydrogen-bond donors (Lipinski definition) is 2. The Labute approximate surface area is 125 Å². The minimum Gasteiger partial charge on any atom is -0.494 e. The molecule has 1 aliphatic carbocycles. The van der Waals surface area contributed by atoms with Gasteiger partial charge in [-0.25, -0.2) is 4.39 Å². The zero-order valence-electron chi connectivity index (χ0n) is 12.7. The Bertz CT molecular complexity index is 520. The van der Waals surface area contributed by atoms with E-state index in [2.05, 4.69) is 17.1 Å². The van der Waals surface area contributed by atoms with Crippen LogP contribution in [0.5, 0.6) is 5.75 Å². The molecule has 0 bridgehead atoms. The zero-order valence-corrected chi connectivity index (χ0v) is 12.7. The summed E-state index contributed by atoms with van der Waals surface area (Å²) in [5.74, 6) is -0.0819. The average molecular weight is 293 g/mol. The number of benzene rings is 1. The maximum atomic E-state index is 13.5. The Morgan fingerprint density at radius 2 is 2.24 bits per heavy atom. The minimum absolute atomic E-state index is 0.134. The topological polar surface area (TPSA) is 50.5 Å². The fourth-order valence-electron chi connectivity index (χ4n) is 3.48. The number of rotatable bonds is 5. The lowest BCUT2D eigenvalue weighted by atomic mass is 9.96. The Kier molecular flexibility index (Phi) is 3.80. The lowest BCUT2D eigenvalue weighted by Crippen LogP contribution is -2.48. The van der Waals surface area contributed by atoms with Gasteiger partial charge in [0.25, 0.3) is 0 Å². The van der Waals surface area contributed by atoms with Crippen molar-refractivity contribution in [2.75, 3.05) is 25.5 Å². The smallest absolute Gasteiger partial charge is 0.165 e. The van der Waals surface area contributed by atoms with Crippen LogP contribution in [0.2, 0.25) is 0 Å². The van der Waals surface area contributed by atoms with E-state index >= 15 is 0 Å². The summed E-state index contributed by atoms with van der Waals surface area (Å²) < 4.78 is 18.6. The summed E-state index contributed by atoms with van der Waals surface area (Å²) in [4.78, 5) is 2.56. The molecule has 2 fully saturated rings. The number of nitrogens with two attached hydrogens (primary N) is 1. The van der Waals surface area contributed by atoms with Crippen molar-refractivity contribution in [1.82, 2.24) is 4.90 Å². The third kappa shape index (κ3) is 2.85. The van der Waals surface area contributed by atoms with Crippen LogP contribution in [-0.2, 0) is 0 Å². The largest absolute Gasteiger partial charge is 0.494 e. The normalized spacial score (nSPS) is 29.6. The molecule has 1 aromatic rings. The summed E-state index contributed by atoms with van der Waals surface area (Å²) in [7, 11) is 1.48. The molecule has 1 heterocycles. The van der Waals surface area contributed by atoms with Gasteiger partial charge in [-0.2, -0.15) is 0 Å². The van der Waals surface area contributed by atoms with Crippen molar-refractivity contribution in [1.29, 1.82) is 0 Å².